The number of imidazole rings is 1. The summed E-state index contributed by atoms with van der Waals surface area (Å²) in [5.74, 6) is -0.908. The number of benzene rings is 1. The molecule has 184 valence electrons. The SMILES string of the molecule is Cc1nc2ccc(-c3ccc(C4=CCC(C(=O)O)CC4)nc3)cn2c1Cc1ccccc1OC(F)F. The number of nitrogens with zero attached hydrogens (tertiary/aromatic N) is 3. The number of alkyl halides is 2. The van der Waals surface area contributed by atoms with Crippen molar-refractivity contribution < 1.29 is 23.4 Å². The summed E-state index contributed by atoms with van der Waals surface area (Å²) in [5.41, 5.74) is 6.94. The van der Waals surface area contributed by atoms with Crippen molar-refractivity contribution in [3.05, 3.63) is 89.6 Å². The van der Waals surface area contributed by atoms with Crippen LogP contribution < -0.4 is 4.74 Å². The van der Waals surface area contributed by atoms with E-state index < -0.39 is 12.6 Å². The molecule has 36 heavy (non-hydrogen) atoms. The Labute approximate surface area is 206 Å². The summed E-state index contributed by atoms with van der Waals surface area (Å²) in [6.07, 6.45) is 8.01. The first-order valence-electron chi connectivity index (χ1n) is 11.8. The van der Waals surface area contributed by atoms with Gasteiger partial charge in [0.15, 0.2) is 0 Å². The van der Waals surface area contributed by atoms with Crippen LogP contribution >= 0.6 is 0 Å². The average Bonchev–Trinajstić information content (AvgIpc) is 3.19. The van der Waals surface area contributed by atoms with Crippen LogP contribution in [-0.4, -0.2) is 32.1 Å². The Hall–Kier alpha value is -4.07. The number of hydrogen-bond acceptors (Lipinski definition) is 4. The van der Waals surface area contributed by atoms with Gasteiger partial charge >= 0.3 is 12.6 Å². The van der Waals surface area contributed by atoms with Crippen molar-refractivity contribution in [2.75, 3.05) is 0 Å². The van der Waals surface area contributed by atoms with Crippen LogP contribution in [-0.2, 0) is 11.2 Å². The Balaban J connectivity index is 1.42. The molecule has 4 aromatic rings. The van der Waals surface area contributed by atoms with Gasteiger partial charge in [-0.05, 0) is 56.0 Å². The van der Waals surface area contributed by atoms with E-state index >= 15 is 0 Å². The molecule has 3 heterocycles. The average molecular weight is 490 g/mol. The number of allylic oxidation sites excluding steroid dienone is 2. The highest BCUT2D eigenvalue weighted by molar-refractivity contribution is 5.74. The molecule has 0 spiro atoms. The predicted octanol–water partition coefficient (Wildman–Crippen LogP) is 6.17. The Kier molecular flexibility index (Phi) is 6.50. The molecule has 3 aromatic heterocycles. The van der Waals surface area contributed by atoms with E-state index in [0.29, 0.717) is 31.2 Å². The van der Waals surface area contributed by atoms with E-state index in [9.17, 15) is 18.7 Å². The van der Waals surface area contributed by atoms with E-state index in [1.165, 1.54) is 0 Å². The number of aliphatic carboxylic acids is 1. The smallest absolute Gasteiger partial charge is 0.387 e. The summed E-state index contributed by atoms with van der Waals surface area (Å²) < 4.78 is 32.4. The standard InChI is InChI=1S/C28H25F2N3O3/c1-17-24(14-20-4-2-3-5-25(20)36-28(29)30)33-16-22(11-13-26(33)32-17)21-10-12-23(31-15-21)18-6-8-19(9-7-18)27(34)35/h2-6,10-13,15-16,19,28H,7-9,14H2,1H3,(H,34,35). The maximum atomic E-state index is 12.9. The number of carboxylic acids is 1. The zero-order chi connectivity index (χ0) is 25.2. The molecule has 0 bridgehead atoms. The highest BCUT2D eigenvalue weighted by Crippen LogP contribution is 2.31. The van der Waals surface area contributed by atoms with Crippen molar-refractivity contribution in [1.29, 1.82) is 0 Å². The fourth-order valence-corrected chi connectivity index (χ4v) is 4.68. The van der Waals surface area contributed by atoms with Crippen LogP contribution in [0.3, 0.4) is 0 Å². The van der Waals surface area contributed by atoms with Crippen LogP contribution in [0.15, 0.2) is 67.0 Å². The maximum absolute atomic E-state index is 12.9. The fourth-order valence-electron chi connectivity index (χ4n) is 4.68. The van der Waals surface area contributed by atoms with Gasteiger partial charge < -0.3 is 14.2 Å². The normalized spacial score (nSPS) is 15.8. The highest BCUT2D eigenvalue weighted by Gasteiger charge is 2.22. The lowest BCUT2D eigenvalue weighted by Crippen LogP contribution is -2.15. The molecule has 6 nitrogen and oxygen atoms in total. The van der Waals surface area contributed by atoms with Crippen LogP contribution in [0.5, 0.6) is 5.75 Å². The number of aryl methyl sites for hydroxylation is 1. The highest BCUT2D eigenvalue weighted by atomic mass is 19.3. The zero-order valence-corrected chi connectivity index (χ0v) is 19.7. The third-order valence-corrected chi connectivity index (χ3v) is 6.65. The fraction of sp³-hybridized carbons (Fsp3) is 0.250. The summed E-state index contributed by atoms with van der Waals surface area (Å²) in [7, 11) is 0. The Morgan fingerprint density at radius 3 is 2.67 bits per heavy atom. The Morgan fingerprint density at radius 1 is 1.17 bits per heavy atom. The molecule has 1 atom stereocenters. The lowest BCUT2D eigenvalue weighted by atomic mass is 9.88. The second-order valence-corrected chi connectivity index (χ2v) is 8.92. The molecule has 1 aliphatic rings. The first kappa shape index (κ1) is 23.7. The van der Waals surface area contributed by atoms with Crippen molar-refractivity contribution in [1.82, 2.24) is 14.4 Å². The molecular formula is C28H25F2N3O3. The van der Waals surface area contributed by atoms with Crippen LogP contribution in [0.25, 0.3) is 22.3 Å². The molecule has 0 saturated carbocycles. The van der Waals surface area contributed by atoms with E-state index in [1.807, 2.05) is 54.1 Å². The number of pyridine rings is 2. The van der Waals surface area contributed by atoms with Gasteiger partial charge in [0.2, 0.25) is 0 Å². The summed E-state index contributed by atoms with van der Waals surface area (Å²) in [6, 6.07) is 14.7. The molecule has 1 aromatic carbocycles. The number of hydrogen-bond donors (Lipinski definition) is 1. The molecule has 5 rings (SSSR count). The number of aromatic nitrogens is 3. The lowest BCUT2D eigenvalue weighted by molar-refractivity contribution is -0.141. The number of para-hydroxylation sites is 1. The summed E-state index contributed by atoms with van der Waals surface area (Å²) in [5, 5.41) is 9.20. The topological polar surface area (TPSA) is 76.7 Å². The quantitative estimate of drug-likeness (QED) is 0.336. The first-order chi connectivity index (χ1) is 17.4. The predicted molar refractivity (Wildman–Crippen MR) is 132 cm³/mol. The van der Waals surface area contributed by atoms with Gasteiger partial charge in [0.1, 0.15) is 11.4 Å². The molecule has 0 radical (unpaired) electrons. The van der Waals surface area contributed by atoms with Crippen LogP contribution in [0.1, 0.15) is 41.9 Å². The number of ether oxygens (including phenoxy) is 1. The summed E-state index contributed by atoms with van der Waals surface area (Å²) >= 11 is 0. The minimum absolute atomic E-state index is 0.157. The van der Waals surface area contributed by atoms with Crippen molar-refractivity contribution >= 4 is 17.2 Å². The van der Waals surface area contributed by atoms with Crippen molar-refractivity contribution in [2.24, 2.45) is 5.92 Å². The van der Waals surface area contributed by atoms with Gasteiger partial charge in [0.05, 0.1) is 17.3 Å². The van der Waals surface area contributed by atoms with E-state index in [0.717, 1.165) is 39.4 Å². The van der Waals surface area contributed by atoms with Crippen molar-refractivity contribution in [2.45, 2.75) is 39.2 Å². The Morgan fingerprint density at radius 2 is 1.97 bits per heavy atom. The second kappa shape index (κ2) is 9.89. The van der Waals surface area contributed by atoms with E-state index in [2.05, 4.69) is 9.97 Å². The maximum Gasteiger partial charge on any atom is 0.387 e. The zero-order valence-electron chi connectivity index (χ0n) is 19.7. The van der Waals surface area contributed by atoms with Gasteiger partial charge in [-0.1, -0.05) is 30.3 Å². The summed E-state index contributed by atoms with van der Waals surface area (Å²) in [6.45, 7) is -0.985. The van der Waals surface area contributed by atoms with Crippen molar-refractivity contribution in [3.63, 3.8) is 0 Å². The number of carbonyl (C=O) groups is 1. The van der Waals surface area contributed by atoms with Crippen LogP contribution in [0.2, 0.25) is 0 Å². The number of fused-ring (bicyclic) bond motifs is 1. The molecule has 1 aliphatic carbocycles. The van der Waals surface area contributed by atoms with E-state index in [1.54, 1.807) is 24.3 Å². The number of halogens is 2. The molecular weight excluding hydrogens is 464 g/mol. The van der Waals surface area contributed by atoms with Gasteiger partial charge in [0.25, 0.3) is 0 Å². The molecule has 1 unspecified atom stereocenters. The third kappa shape index (κ3) is 4.84. The van der Waals surface area contributed by atoms with Gasteiger partial charge in [-0.15, -0.1) is 0 Å². The van der Waals surface area contributed by atoms with Gasteiger partial charge in [0, 0.05) is 41.2 Å². The van der Waals surface area contributed by atoms with Crippen molar-refractivity contribution in [3.8, 4) is 16.9 Å². The molecule has 0 fully saturated rings. The minimum atomic E-state index is -2.89. The van der Waals surface area contributed by atoms with Gasteiger partial charge in [-0.2, -0.15) is 8.78 Å². The first-order valence-corrected chi connectivity index (χ1v) is 11.8. The second-order valence-electron chi connectivity index (χ2n) is 8.92. The largest absolute Gasteiger partial charge is 0.481 e. The van der Waals surface area contributed by atoms with Gasteiger partial charge in [-0.25, -0.2) is 4.98 Å². The minimum Gasteiger partial charge on any atom is -0.481 e. The molecule has 0 aliphatic heterocycles. The van der Waals surface area contributed by atoms with Crippen LogP contribution in [0, 0.1) is 12.8 Å². The molecule has 0 amide bonds. The summed E-state index contributed by atoms with van der Waals surface area (Å²) in [4.78, 5) is 20.5. The monoisotopic (exact) mass is 489 g/mol. The number of carboxylic acid groups (broad SMARTS) is 1. The van der Waals surface area contributed by atoms with E-state index in [-0.39, 0.29) is 11.7 Å². The molecule has 0 saturated heterocycles. The lowest BCUT2D eigenvalue weighted by Gasteiger charge is -2.18. The van der Waals surface area contributed by atoms with Gasteiger partial charge in [-0.3, -0.25) is 9.78 Å². The Bertz CT molecular complexity index is 1440. The van der Waals surface area contributed by atoms with E-state index in [4.69, 9.17) is 4.74 Å². The van der Waals surface area contributed by atoms with Crippen LogP contribution in [0.4, 0.5) is 8.78 Å². The third-order valence-electron chi connectivity index (χ3n) is 6.65. The molecule has 1 N–H and O–H groups in total. The number of rotatable bonds is 7. The molecule has 8 heteroatoms.